The van der Waals surface area contributed by atoms with E-state index < -0.39 is 10.0 Å². The molecule has 0 aliphatic carbocycles. The Morgan fingerprint density at radius 2 is 1.75 bits per heavy atom. The largest absolute Gasteiger partial charge is 0.467 e. The Bertz CT molecular complexity index is 1620. The van der Waals surface area contributed by atoms with E-state index in [4.69, 9.17) is 4.42 Å². The molecular formula is C26H20BrN3O4S2. The molecule has 0 fully saturated rings. The number of aromatic nitrogens is 1. The van der Waals surface area contributed by atoms with Crippen LogP contribution in [0.15, 0.2) is 105 Å². The van der Waals surface area contributed by atoms with E-state index in [9.17, 15) is 13.2 Å². The summed E-state index contributed by atoms with van der Waals surface area (Å²) in [5.74, 6) is 0.289. The summed E-state index contributed by atoms with van der Waals surface area (Å²) in [6.45, 7) is 0.184. The van der Waals surface area contributed by atoms with E-state index in [2.05, 4.69) is 20.9 Å². The molecule has 182 valence electrons. The van der Waals surface area contributed by atoms with Crippen molar-refractivity contribution >= 4 is 64.2 Å². The van der Waals surface area contributed by atoms with E-state index in [0.29, 0.717) is 22.1 Å². The van der Waals surface area contributed by atoms with Crippen molar-refractivity contribution in [3.8, 4) is 0 Å². The van der Waals surface area contributed by atoms with Crippen molar-refractivity contribution in [2.24, 2.45) is 0 Å². The van der Waals surface area contributed by atoms with Gasteiger partial charge in [-0.1, -0.05) is 45.5 Å². The zero-order valence-electron chi connectivity index (χ0n) is 19.0. The standard InChI is InChI=1S/C26H20BrN3O4S2/c1-29(20-6-3-2-4-7-20)36(32,33)22-12-9-18(10-13-22)25(31)30(17-21-8-5-15-34-21)26-28-23-14-11-19(27)16-24(23)35-26/h2-16H,17H2,1H3. The molecule has 0 saturated heterocycles. The van der Waals surface area contributed by atoms with Crippen molar-refractivity contribution in [3.05, 3.63) is 107 Å². The summed E-state index contributed by atoms with van der Waals surface area (Å²) < 4.78 is 34.8. The fraction of sp³-hybridized carbons (Fsp3) is 0.0769. The average molecular weight is 583 g/mol. The lowest BCUT2D eigenvalue weighted by atomic mass is 10.2. The second-order valence-corrected chi connectivity index (χ2v) is 11.8. The first kappa shape index (κ1) is 24.2. The summed E-state index contributed by atoms with van der Waals surface area (Å²) in [4.78, 5) is 19.9. The van der Waals surface area contributed by atoms with Gasteiger partial charge in [-0.3, -0.25) is 14.0 Å². The quantitative estimate of drug-likeness (QED) is 0.224. The van der Waals surface area contributed by atoms with Crippen molar-refractivity contribution in [1.82, 2.24) is 4.98 Å². The number of sulfonamides is 1. The highest BCUT2D eigenvalue weighted by molar-refractivity contribution is 9.10. The van der Waals surface area contributed by atoms with Gasteiger partial charge in [-0.2, -0.15) is 0 Å². The van der Waals surface area contributed by atoms with Crippen LogP contribution >= 0.6 is 27.3 Å². The van der Waals surface area contributed by atoms with Crippen LogP contribution in [0.2, 0.25) is 0 Å². The molecule has 10 heteroatoms. The number of fused-ring (bicyclic) bond motifs is 1. The molecule has 3 aromatic carbocycles. The molecule has 1 amide bonds. The molecular weight excluding hydrogens is 562 g/mol. The monoisotopic (exact) mass is 581 g/mol. The van der Waals surface area contributed by atoms with E-state index in [-0.39, 0.29) is 17.3 Å². The molecule has 7 nitrogen and oxygen atoms in total. The topological polar surface area (TPSA) is 83.7 Å². The van der Waals surface area contributed by atoms with Crippen molar-refractivity contribution in [3.63, 3.8) is 0 Å². The lowest BCUT2D eigenvalue weighted by Gasteiger charge is -2.21. The number of amides is 1. The Morgan fingerprint density at radius 3 is 2.44 bits per heavy atom. The lowest BCUT2D eigenvalue weighted by Crippen LogP contribution is -2.30. The smallest absolute Gasteiger partial charge is 0.264 e. The fourth-order valence-corrected chi connectivity index (χ4v) is 6.36. The van der Waals surface area contributed by atoms with Crippen LogP contribution in [0.5, 0.6) is 0 Å². The molecule has 2 aromatic heterocycles. The third-order valence-electron chi connectivity index (χ3n) is 5.59. The van der Waals surface area contributed by atoms with Crippen LogP contribution in [-0.4, -0.2) is 26.4 Å². The van der Waals surface area contributed by atoms with Gasteiger partial charge in [0, 0.05) is 17.1 Å². The first-order chi connectivity index (χ1) is 17.3. The van der Waals surface area contributed by atoms with E-state index >= 15 is 0 Å². The number of furan rings is 1. The second kappa shape index (κ2) is 9.88. The van der Waals surface area contributed by atoms with Gasteiger partial charge in [0.05, 0.1) is 33.6 Å². The SMILES string of the molecule is CN(c1ccccc1)S(=O)(=O)c1ccc(C(=O)N(Cc2ccco2)c2nc3ccc(Br)cc3s2)cc1. The average Bonchev–Trinajstić information content (AvgIpc) is 3.56. The predicted molar refractivity (Wildman–Crippen MR) is 145 cm³/mol. The number of carbonyl (C=O) groups is 1. The number of nitrogens with zero attached hydrogens (tertiary/aromatic N) is 3. The Morgan fingerprint density at radius 1 is 1.00 bits per heavy atom. The summed E-state index contributed by atoms with van der Waals surface area (Å²) in [5, 5.41) is 0.519. The molecule has 0 aliphatic heterocycles. The van der Waals surface area contributed by atoms with Gasteiger partial charge in [0.25, 0.3) is 15.9 Å². The molecule has 0 saturated carbocycles. The van der Waals surface area contributed by atoms with Crippen LogP contribution in [0.3, 0.4) is 0 Å². The Labute approximate surface area is 220 Å². The maximum absolute atomic E-state index is 13.6. The van der Waals surface area contributed by atoms with Crippen LogP contribution in [0.1, 0.15) is 16.1 Å². The summed E-state index contributed by atoms with van der Waals surface area (Å²) in [6, 6.07) is 24.0. The molecule has 0 N–H and O–H groups in total. The van der Waals surface area contributed by atoms with Crippen LogP contribution in [0.4, 0.5) is 10.8 Å². The third-order valence-corrected chi connectivity index (χ3v) is 8.92. The van der Waals surface area contributed by atoms with Gasteiger partial charge in [0.1, 0.15) is 5.76 Å². The first-order valence-corrected chi connectivity index (χ1v) is 13.9. The van der Waals surface area contributed by atoms with Crippen LogP contribution in [0, 0.1) is 0 Å². The predicted octanol–water partition coefficient (Wildman–Crippen LogP) is 6.32. The van der Waals surface area contributed by atoms with Gasteiger partial charge >= 0.3 is 0 Å². The van der Waals surface area contributed by atoms with Crippen LogP contribution in [0.25, 0.3) is 10.2 Å². The number of halogens is 1. The number of thiazole rings is 1. The second-order valence-electron chi connectivity index (χ2n) is 7.91. The number of benzene rings is 3. The number of anilines is 2. The molecule has 0 aliphatic rings. The van der Waals surface area contributed by atoms with Crippen LogP contribution < -0.4 is 9.21 Å². The summed E-state index contributed by atoms with van der Waals surface area (Å²) in [7, 11) is -2.29. The molecule has 0 atom stereocenters. The highest BCUT2D eigenvalue weighted by Gasteiger charge is 2.25. The van der Waals surface area contributed by atoms with Gasteiger partial charge in [-0.05, 0) is 66.7 Å². The summed E-state index contributed by atoms with van der Waals surface area (Å²) in [6.07, 6.45) is 1.55. The van der Waals surface area contributed by atoms with E-state index in [1.165, 1.54) is 51.9 Å². The minimum Gasteiger partial charge on any atom is -0.467 e. The maximum atomic E-state index is 13.6. The molecule has 2 heterocycles. The van der Waals surface area contributed by atoms with Crippen molar-refractivity contribution in [2.45, 2.75) is 11.4 Å². The number of carbonyl (C=O) groups excluding carboxylic acids is 1. The zero-order chi connectivity index (χ0) is 25.3. The Kier molecular flexibility index (Phi) is 6.65. The molecule has 0 radical (unpaired) electrons. The summed E-state index contributed by atoms with van der Waals surface area (Å²) in [5.41, 5.74) is 1.66. The maximum Gasteiger partial charge on any atom is 0.264 e. The van der Waals surface area contributed by atoms with Crippen molar-refractivity contribution in [2.75, 3.05) is 16.3 Å². The fourth-order valence-electron chi connectivity index (χ4n) is 3.65. The zero-order valence-corrected chi connectivity index (χ0v) is 22.3. The van der Waals surface area contributed by atoms with E-state index in [1.807, 2.05) is 24.3 Å². The highest BCUT2D eigenvalue weighted by atomic mass is 79.9. The van der Waals surface area contributed by atoms with Gasteiger partial charge in [-0.25, -0.2) is 13.4 Å². The minimum atomic E-state index is -3.79. The normalized spacial score (nSPS) is 11.5. The number of rotatable bonds is 7. The van der Waals surface area contributed by atoms with Crippen molar-refractivity contribution < 1.29 is 17.6 Å². The number of para-hydroxylation sites is 1. The highest BCUT2D eigenvalue weighted by Crippen LogP contribution is 2.33. The van der Waals surface area contributed by atoms with Gasteiger partial charge < -0.3 is 4.42 Å². The van der Waals surface area contributed by atoms with Crippen LogP contribution in [-0.2, 0) is 16.6 Å². The molecule has 0 spiro atoms. The molecule has 36 heavy (non-hydrogen) atoms. The minimum absolute atomic E-state index is 0.0906. The first-order valence-electron chi connectivity index (χ1n) is 10.9. The molecule has 5 rings (SSSR count). The van der Waals surface area contributed by atoms with E-state index in [0.717, 1.165) is 14.7 Å². The molecule has 0 unspecified atom stereocenters. The van der Waals surface area contributed by atoms with Gasteiger partial charge in [0.2, 0.25) is 0 Å². The van der Waals surface area contributed by atoms with Gasteiger partial charge in [-0.15, -0.1) is 0 Å². The molecule has 5 aromatic rings. The summed E-state index contributed by atoms with van der Waals surface area (Å²) >= 11 is 4.86. The van der Waals surface area contributed by atoms with E-state index in [1.54, 1.807) is 42.7 Å². The number of hydrogen-bond donors (Lipinski definition) is 0. The lowest BCUT2D eigenvalue weighted by molar-refractivity contribution is 0.0983. The third kappa shape index (κ3) is 4.79. The Balaban J connectivity index is 1.46. The molecule has 0 bridgehead atoms. The van der Waals surface area contributed by atoms with Gasteiger partial charge in [0.15, 0.2) is 5.13 Å². The number of hydrogen-bond acceptors (Lipinski definition) is 6. The van der Waals surface area contributed by atoms with Crippen molar-refractivity contribution in [1.29, 1.82) is 0 Å². The Hall–Kier alpha value is -3.47.